The minimum atomic E-state index is -0.0588. The number of rotatable bonds is 7. The maximum absolute atomic E-state index is 11.8. The Morgan fingerprint density at radius 2 is 2.07 bits per heavy atom. The third-order valence-electron chi connectivity index (χ3n) is 4.43. The fraction of sp³-hybridized carbons (Fsp3) is 0.450. The largest absolute Gasteiger partial charge is 0.474 e. The number of hydrogen-bond acceptors (Lipinski definition) is 6. The van der Waals surface area contributed by atoms with Crippen molar-refractivity contribution in [2.45, 2.75) is 25.5 Å². The molecule has 0 aromatic carbocycles. The van der Waals surface area contributed by atoms with Gasteiger partial charge in [-0.05, 0) is 44.6 Å². The van der Waals surface area contributed by atoms with Crippen LogP contribution in [0, 0.1) is 0 Å². The molecule has 1 N–H and O–H groups in total. The summed E-state index contributed by atoms with van der Waals surface area (Å²) in [5.41, 5.74) is 1.92. The number of pyridine rings is 2. The van der Waals surface area contributed by atoms with E-state index in [4.69, 9.17) is 4.74 Å². The molecule has 144 valence electrons. The first-order chi connectivity index (χ1) is 13.1. The molecule has 27 heavy (non-hydrogen) atoms. The Morgan fingerprint density at radius 3 is 2.70 bits per heavy atom. The zero-order valence-electron chi connectivity index (χ0n) is 16.0. The fourth-order valence-corrected chi connectivity index (χ4v) is 3.12. The summed E-state index contributed by atoms with van der Waals surface area (Å²) in [4.78, 5) is 24.5. The van der Waals surface area contributed by atoms with Crippen LogP contribution in [0.5, 0.6) is 5.88 Å². The number of nitrogens with one attached hydrogen (secondary N) is 1. The summed E-state index contributed by atoms with van der Waals surface area (Å²) in [7, 11) is 3.72. The SMILES string of the molecule is CN(C)CC(=O)Nc1ccc(OC2CCN(Cc3cccnc3)CC2)nc1. The number of aromatic nitrogens is 2. The van der Waals surface area contributed by atoms with E-state index in [-0.39, 0.29) is 12.0 Å². The van der Waals surface area contributed by atoms with E-state index in [0.29, 0.717) is 18.1 Å². The second-order valence-electron chi connectivity index (χ2n) is 7.13. The van der Waals surface area contributed by atoms with Gasteiger partial charge in [0.2, 0.25) is 11.8 Å². The van der Waals surface area contributed by atoms with Gasteiger partial charge in [0, 0.05) is 38.1 Å². The van der Waals surface area contributed by atoms with Gasteiger partial charge in [-0.1, -0.05) is 6.07 Å². The molecular formula is C20H27N5O2. The van der Waals surface area contributed by atoms with Gasteiger partial charge in [0.25, 0.3) is 0 Å². The van der Waals surface area contributed by atoms with Gasteiger partial charge in [-0.25, -0.2) is 4.98 Å². The van der Waals surface area contributed by atoms with Crippen molar-refractivity contribution in [1.29, 1.82) is 0 Å². The minimum absolute atomic E-state index is 0.0588. The predicted octanol–water partition coefficient (Wildman–Crippen LogP) is 2.02. The van der Waals surface area contributed by atoms with Gasteiger partial charge in [0.1, 0.15) is 6.10 Å². The lowest BCUT2D eigenvalue weighted by Crippen LogP contribution is -2.37. The van der Waals surface area contributed by atoms with Crippen molar-refractivity contribution in [3.05, 3.63) is 48.4 Å². The van der Waals surface area contributed by atoms with Crippen LogP contribution in [0.15, 0.2) is 42.9 Å². The molecule has 1 aliphatic heterocycles. The number of likely N-dealkylation sites (tertiary alicyclic amines) is 1. The zero-order valence-corrected chi connectivity index (χ0v) is 16.0. The second-order valence-corrected chi connectivity index (χ2v) is 7.13. The van der Waals surface area contributed by atoms with E-state index >= 15 is 0 Å². The van der Waals surface area contributed by atoms with Crippen LogP contribution in [0.25, 0.3) is 0 Å². The Labute approximate surface area is 160 Å². The van der Waals surface area contributed by atoms with Crippen LogP contribution in [0.2, 0.25) is 0 Å². The summed E-state index contributed by atoms with van der Waals surface area (Å²) in [5.74, 6) is 0.544. The molecule has 0 aliphatic carbocycles. The Morgan fingerprint density at radius 1 is 1.26 bits per heavy atom. The molecule has 0 bridgehead atoms. The van der Waals surface area contributed by atoms with Crippen LogP contribution in [-0.2, 0) is 11.3 Å². The Kier molecular flexibility index (Phi) is 6.73. The highest BCUT2D eigenvalue weighted by Gasteiger charge is 2.21. The maximum Gasteiger partial charge on any atom is 0.238 e. The highest BCUT2D eigenvalue weighted by atomic mass is 16.5. The van der Waals surface area contributed by atoms with Gasteiger partial charge in [-0.2, -0.15) is 0 Å². The summed E-state index contributed by atoms with van der Waals surface area (Å²) < 4.78 is 6.01. The van der Waals surface area contributed by atoms with Gasteiger partial charge in [0.15, 0.2) is 0 Å². The summed E-state index contributed by atoms with van der Waals surface area (Å²) >= 11 is 0. The molecule has 1 amide bonds. The van der Waals surface area contributed by atoms with Crippen molar-refractivity contribution in [3.8, 4) is 5.88 Å². The summed E-state index contributed by atoms with van der Waals surface area (Å²) in [5, 5.41) is 2.82. The highest BCUT2D eigenvalue weighted by molar-refractivity contribution is 5.92. The molecule has 0 radical (unpaired) electrons. The van der Waals surface area contributed by atoms with Crippen molar-refractivity contribution in [2.24, 2.45) is 0 Å². The van der Waals surface area contributed by atoms with Gasteiger partial charge < -0.3 is 15.0 Å². The molecule has 3 rings (SSSR count). The summed E-state index contributed by atoms with van der Waals surface area (Å²) in [6.07, 6.45) is 7.49. The quantitative estimate of drug-likeness (QED) is 0.805. The van der Waals surface area contributed by atoms with E-state index in [1.807, 2.05) is 43.4 Å². The molecular weight excluding hydrogens is 342 g/mol. The van der Waals surface area contributed by atoms with Crippen LogP contribution in [0.4, 0.5) is 5.69 Å². The van der Waals surface area contributed by atoms with Crippen molar-refractivity contribution in [1.82, 2.24) is 19.8 Å². The first kappa shape index (κ1) is 19.3. The maximum atomic E-state index is 11.8. The number of amides is 1. The van der Waals surface area contributed by atoms with E-state index in [0.717, 1.165) is 32.5 Å². The molecule has 7 nitrogen and oxygen atoms in total. The monoisotopic (exact) mass is 369 g/mol. The van der Waals surface area contributed by atoms with Crippen LogP contribution in [-0.4, -0.2) is 65.5 Å². The topological polar surface area (TPSA) is 70.6 Å². The number of likely N-dealkylation sites (N-methyl/N-ethyl adjacent to an activating group) is 1. The molecule has 0 atom stereocenters. The third kappa shape index (κ3) is 6.30. The van der Waals surface area contributed by atoms with Gasteiger partial charge in [0.05, 0.1) is 18.4 Å². The van der Waals surface area contributed by atoms with E-state index < -0.39 is 0 Å². The second kappa shape index (κ2) is 9.43. The normalized spacial score (nSPS) is 15.7. The average molecular weight is 369 g/mol. The Bertz CT molecular complexity index is 713. The average Bonchev–Trinajstić information content (AvgIpc) is 2.65. The van der Waals surface area contributed by atoms with Gasteiger partial charge >= 0.3 is 0 Å². The number of nitrogens with zero attached hydrogens (tertiary/aromatic N) is 4. The van der Waals surface area contributed by atoms with Crippen molar-refractivity contribution >= 4 is 11.6 Å². The summed E-state index contributed by atoms with van der Waals surface area (Å²) in [6, 6.07) is 7.72. The molecule has 7 heteroatoms. The molecule has 1 fully saturated rings. The number of hydrogen-bond donors (Lipinski definition) is 1. The minimum Gasteiger partial charge on any atom is -0.474 e. The van der Waals surface area contributed by atoms with Crippen LogP contribution < -0.4 is 10.1 Å². The van der Waals surface area contributed by atoms with Crippen molar-refractivity contribution in [3.63, 3.8) is 0 Å². The smallest absolute Gasteiger partial charge is 0.238 e. The molecule has 2 aromatic heterocycles. The van der Waals surface area contributed by atoms with E-state index in [1.165, 1.54) is 5.56 Å². The van der Waals surface area contributed by atoms with Crippen LogP contribution >= 0.6 is 0 Å². The first-order valence-corrected chi connectivity index (χ1v) is 9.27. The predicted molar refractivity (Wildman–Crippen MR) is 105 cm³/mol. The lowest BCUT2D eigenvalue weighted by molar-refractivity contribution is -0.116. The van der Waals surface area contributed by atoms with Gasteiger partial charge in [-0.15, -0.1) is 0 Å². The zero-order chi connectivity index (χ0) is 19.1. The van der Waals surface area contributed by atoms with E-state index in [9.17, 15) is 4.79 Å². The third-order valence-corrected chi connectivity index (χ3v) is 4.43. The standard InChI is InChI=1S/C20H27N5O2/c1-24(2)15-19(26)23-17-5-6-20(22-13-17)27-18-7-10-25(11-8-18)14-16-4-3-9-21-12-16/h3-6,9,12-13,18H,7-8,10-11,14-15H2,1-2H3,(H,23,26). The number of anilines is 1. The number of carbonyl (C=O) groups excluding carboxylic acids is 1. The molecule has 0 unspecified atom stereocenters. The lowest BCUT2D eigenvalue weighted by atomic mass is 10.1. The molecule has 1 aliphatic rings. The van der Waals surface area contributed by atoms with E-state index in [2.05, 4.69) is 26.3 Å². The molecule has 1 saturated heterocycles. The number of carbonyl (C=O) groups is 1. The molecule has 0 saturated carbocycles. The van der Waals surface area contributed by atoms with Crippen LogP contribution in [0.1, 0.15) is 18.4 Å². The van der Waals surface area contributed by atoms with Crippen molar-refractivity contribution < 1.29 is 9.53 Å². The first-order valence-electron chi connectivity index (χ1n) is 9.27. The molecule has 2 aromatic rings. The molecule has 0 spiro atoms. The Hall–Kier alpha value is -2.51. The van der Waals surface area contributed by atoms with E-state index in [1.54, 1.807) is 12.4 Å². The fourth-order valence-electron chi connectivity index (χ4n) is 3.12. The summed E-state index contributed by atoms with van der Waals surface area (Å²) in [6.45, 7) is 3.27. The number of piperidine rings is 1. The van der Waals surface area contributed by atoms with Crippen LogP contribution in [0.3, 0.4) is 0 Å². The number of ether oxygens (including phenoxy) is 1. The molecule has 3 heterocycles. The van der Waals surface area contributed by atoms with Gasteiger partial charge in [-0.3, -0.25) is 14.7 Å². The highest BCUT2D eigenvalue weighted by Crippen LogP contribution is 2.19. The Balaban J connectivity index is 1.43. The lowest BCUT2D eigenvalue weighted by Gasteiger charge is -2.31. The van der Waals surface area contributed by atoms with Crippen molar-refractivity contribution in [2.75, 3.05) is 39.0 Å².